The van der Waals surface area contributed by atoms with Gasteiger partial charge >= 0.3 is 6.09 Å². The van der Waals surface area contributed by atoms with Crippen molar-refractivity contribution in [1.29, 1.82) is 5.41 Å². The third kappa shape index (κ3) is 4.53. The first kappa shape index (κ1) is 22.4. The van der Waals surface area contributed by atoms with Gasteiger partial charge in [-0.15, -0.1) is 0 Å². The Kier molecular flexibility index (Phi) is 6.06. The molecule has 0 fully saturated rings. The van der Waals surface area contributed by atoms with Gasteiger partial charge in [0.2, 0.25) is 0 Å². The number of nitrogens with two attached hydrogens (primary N) is 1. The number of nitrogen functional groups attached to an aromatic ring is 1. The lowest BCUT2D eigenvalue weighted by atomic mass is 9.82. The fourth-order valence-electron chi connectivity index (χ4n) is 4.75. The molecule has 7 heteroatoms. The zero-order chi connectivity index (χ0) is 24.4. The molecule has 1 heterocycles. The molecule has 0 spiro atoms. The summed E-state index contributed by atoms with van der Waals surface area (Å²) in [5.41, 5.74) is 12.9. The number of rotatable bonds is 5. The first-order valence-corrected chi connectivity index (χ1v) is 11.5. The Morgan fingerprint density at radius 3 is 2.63 bits per heavy atom. The van der Waals surface area contributed by atoms with Gasteiger partial charge in [0.15, 0.2) is 0 Å². The predicted molar refractivity (Wildman–Crippen MR) is 137 cm³/mol. The van der Waals surface area contributed by atoms with Gasteiger partial charge < -0.3 is 26.3 Å². The molecule has 0 radical (unpaired) electrons. The fraction of sp³-hybridized carbons (Fsp3) is 0.179. The van der Waals surface area contributed by atoms with E-state index in [-0.39, 0.29) is 18.4 Å². The molecule has 4 aromatic rings. The number of pyridine rings is 1. The second-order valence-electron chi connectivity index (χ2n) is 8.72. The number of ether oxygens (including phenoxy) is 1. The van der Waals surface area contributed by atoms with Gasteiger partial charge in [-0.05, 0) is 72.4 Å². The predicted octanol–water partition coefficient (Wildman–Crippen LogP) is 4.97. The monoisotopic (exact) mass is 466 g/mol. The Balaban J connectivity index is 1.48. The highest BCUT2D eigenvalue weighted by molar-refractivity contribution is 6.05. The number of carbonyl (C=O) groups excluding carboxylic acids is 1. The molecule has 1 amide bonds. The van der Waals surface area contributed by atoms with E-state index in [4.69, 9.17) is 20.9 Å². The van der Waals surface area contributed by atoms with Crippen LogP contribution in [0.1, 0.15) is 28.7 Å². The Morgan fingerprint density at radius 1 is 1.11 bits per heavy atom. The van der Waals surface area contributed by atoms with E-state index in [9.17, 15) is 9.90 Å². The molecular formula is C28H26N4O3. The zero-order valence-corrected chi connectivity index (χ0v) is 19.1. The summed E-state index contributed by atoms with van der Waals surface area (Å²) < 4.78 is 5.43. The van der Waals surface area contributed by atoms with Crippen molar-refractivity contribution in [2.75, 3.05) is 5.73 Å². The van der Waals surface area contributed by atoms with Crippen LogP contribution < -0.4 is 11.1 Å². The van der Waals surface area contributed by atoms with Gasteiger partial charge in [0.05, 0.1) is 11.2 Å². The second-order valence-corrected chi connectivity index (χ2v) is 8.72. The van der Waals surface area contributed by atoms with Crippen molar-refractivity contribution in [3.8, 4) is 17.0 Å². The number of hydrogen-bond acceptors (Lipinski definition) is 6. The molecule has 3 aromatic carbocycles. The van der Waals surface area contributed by atoms with Crippen LogP contribution in [0.2, 0.25) is 0 Å². The summed E-state index contributed by atoms with van der Waals surface area (Å²) in [6.45, 7) is 0.211. The highest BCUT2D eigenvalue weighted by atomic mass is 16.5. The summed E-state index contributed by atoms with van der Waals surface area (Å²) in [6, 6.07) is 20.1. The number of nitrogens with zero attached hydrogens (tertiary/aromatic N) is 1. The number of anilines is 1. The number of hydrogen-bond donors (Lipinski definition) is 4. The van der Waals surface area contributed by atoms with Crippen LogP contribution in [0.25, 0.3) is 22.2 Å². The van der Waals surface area contributed by atoms with Crippen molar-refractivity contribution in [2.24, 2.45) is 0 Å². The largest absolute Gasteiger partial charge is 0.508 e. The van der Waals surface area contributed by atoms with Crippen molar-refractivity contribution in [3.05, 3.63) is 89.0 Å². The molecule has 1 aliphatic rings. The molecule has 1 atom stereocenters. The third-order valence-electron chi connectivity index (χ3n) is 6.45. The molecule has 176 valence electrons. The number of aromatic hydroxyl groups is 1. The molecule has 0 aliphatic heterocycles. The van der Waals surface area contributed by atoms with Gasteiger partial charge in [-0.25, -0.2) is 9.78 Å². The van der Waals surface area contributed by atoms with Crippen molar-refractivity contribution in [2.45, 2.75) is 31.9 Å². The van der Waals surface area contributed by atoms with Gasteiger partial charge in [0.25, 0.3) is 0 Å². The third-order valence-corrected chi connectivity index (χ3v) is 6.45. The lowest BCUT2D eigenvalue weighted by Gasteiger charge is -2.28. The van der Waals surface area contributed by atoms with Crippen LogP contribution in [0.3, 0.4) is 0 Å². The van der Waals surface area contributed by atoms with Crippen molar-refractivity contribution < 1.29 is 14.6 Å². The first-order valence-electron chi connectivity index (χ1n) is 11.5. The number of phenolic OH excluding ortho intramolecular Hbond substituents is 1. The quantitative estimate of drug-likeness (QED) is 0.244. The van der Waals surface area contributed by atoms with Crippen LogP contribution in [-0.2, 0) is 24.2 Å². The standard InChI is InChI=1S/C28H26N4O3/c29-15-23-24(30)12-13-25-26(23)21-11-8-19(31-28(34)35-16-17-4-2-1-3-5-17)14-22(21)27(32-25)18-6-9-20(33)10-7-18/h1-7,9-10,12-13,15,19,29,33H,8,11,14,16,30H2,(H,31,34). The minimum Gasteiger partial charge on any atom is -0.508 e. The number of aromatic nitrogens is 1. The Morgan fingerprint density at radius 2 is 1.89 bits per heavy atom. The van der Waals surface area contributed by atoms with Crippen LogP contribution in [0.15, 0.2) is 66.7 Å². The van der Waals surface area contributed by atoms with E-state index in [1.807, 2.05) is 48.5 Å². The first-order chi connectivity index (χ1) is 17.0. The second kappa shape index (κ2) is 9.46. The minimum absolute atomic E-state index is 0.120. The van der Waals surface area contributed by atoms with E-state index in [0.29, 0.717) is 24.1 Å². The molecule has 5 rings (SSSR count). The van der Waals surface area contributed by atoms with Gasteiger partial charge in [0, 0.05) is 34.5 Å². The van der Waals surface area contributed by atoms with Gasteiger partial charge in [-0.1, -0.05) is 30.3 Å². The van der Waals surface area contributed by atoms with Crippen molar-refractivity contribution >= 4 is 28.9 Å². The number of benzene rings is 3. The summed E-state index contributed by atoms with van der Waals surface area (Å²) in [5.74, 6) is 0.183. The highest BCUT2D eigenvalue weighted by Gasteiger charge is 2.27. The molecule has 1 aliphatic carbocycles. The molecular weight excluding hydrogens is 440 g/mol. The molecule has 0 bridgehead atoms. The molecule has 7 nitrogen and oxygen atoms in total. The normalized spacial score (nSPS) is 14.8. The number of carbonyl (C=O) groups is 1. The molecule has 1 unspecified atom stereocenters. The number of alkyl carbamates (subject to hydrolysis) is 1. The number of amides is 1. The molecule has 5 N–H and O–H groups in total. The van der Waals surface area contributed by atoms with E-state index < -0.39 is 6.09 Å². The van der Waals surface area contributed by atoms with E-state index in [0.717, 1.165) is 45.3 Å². The SMILES string of the molecule is N=Cc1c(N)ccc2nc(-c3ccc(O)cc3)c3c(c12)CCC(NC(=O)OCc1ccccc1)C3. The number of nitrogens with one attached hydrogen (secondary N) is 2. The maximum Gasteiger partial charge on any atom is 0.407 e. The van der Waals surface area contributed by atoms with Crippen LogP contribution in [-0.4, -0.2) is 28.4 Å². The van der Waals surface area contributed by atoms with Crippen molar-refractivity contribution in [3.63, 3.8) is 0 Å². The Bertz CT molecular complexity index is 1400. The smallest absolute Gasteiger partial charge is 0.407 e. The van der Waals surface area contributed by atoms with E-state index in [2.05, 4.69) is 5.32 Å². The molecule has 1 aromatic heterocycles. The summed E-state index contributed by atoms with van der Waals surface area (Å²) >= 11 is 0. The molecule has 0 saturated heterocycles. The molecule has 0 saturated carbocycles. The van der Waals surface area contributed by atoms with Crippen LogP contribution in [0, 0.1) is 5.41 Å². The van der Waals surface area contributed by atoms with Gasteiger partial charge in [0.1, 0.15) is 12.4 Å². The summed E-state index contributed by atoms with van der Waals surface area (Å²) in [4.78, 5) is 17.5. The lowest BCUT2D eigenvalue weighted by molar-refractivity contribution is 0.134. The van der Waals surface area contributed by atoms with E-state index >= 15 is 0 Å². The maximum absolute atomic E-state index is 12.5. The summed E-state index contributed by atoms with van der Waals surface area (Å²) in [5, 5.41) is 21.6. The average molecular weight is 467 g/mol. The number of phenols is 1. The molecule has 35 heavy (non-hydrogen) atoms. The maximum atomic E-state index is 12.5. The summed E-state index contributed by atoms with van der Waals surface area (Å²) in [6.07, 6.45) is 2.83. The lowest BCUT2D eigenvalue weighted by Crippen LogP contribution is -2.39. The van der Waals surface area contributed by atoms with E-state index in [1.165, 1.54) is 6.21 Å². The Hall–Kier alpha value is -4.39. The highest BCUT2D eigenvalue weighted by Crippen LogP contribution is 2.38. The Labute approximate surface area is 203 Å². The van der Waals surface area contributed by atoms with Crippen LogP contribution >= 0.6 is 0 Å². The van der Waals surface area contributed by atoms with Crippen LogP contribution in [0.4, 0.5) is 10.5 Å². The average Bonchev–Trinajstić information content (AvgIpc) is 2.88. The zero-order valence-electron chi connectivity index (χ0n) is 19.1. The van der Waals surface area contributed by atoms with Gasteiger partial charge in [-0.3, -0.25) is 0 Å². The van der Waals surface area contributed by atoms with Crippen molar-refractivity contribution in [1.82, 2.24) is 10.3 Å². The number of aryl methyl sites for hydroxylation is 1. The number of fused-ring (bicyclic) bond motifs is 3. The minimum atomic E-state index is -0.452. The van der Waals surface area contributed by atoms with Gasteiger partial charge in [-0.2, -0.15) is 0 Å². The summed E-state index contributed by atoms with van der Waals surface area (Å²) in [7, 11) is 0. The fourth-order valence-corrected chi connectivity index (χ4v) is 4.75. The topological polar surface area (TPSA) is 121 Å². The van der Waals surface area contributed by atoms with Crippen LogP contribution in [0.5, 0.6) is 5.75 Å². The van der Waals surface area contributed by atoms with E-state index in [1.54, 1.807) is 18.2 Å².